The number of carbonyl (C=O) groups is 2. The van der Waals surface area contributed by atoms with Gasteiger partial charge in [0.2, 0.25) is 5.91 Å². The number of benzene rings is 1. The van der Waals surface area contributed by atoms with Crippen LogP contribution in [0.4, 0.5) is 0 Å². The van der Waals surface area contributed by atoms with Crippen molar-refractivity contribution in [2.45, 2.75) is 36.1 Å². The highest BCUT2D eigenvalue weighted by molar-refractivity contribution is 9.10. The average Bonchev–Trinajstić information content (AvgIpc) is 2.86. The Balaban J connectivity index is 1.90. The van der Waals surface area contributed by atoms with Gasteiger partial charge in [-0.3, -0.25) is 4.79 Å². The fourth-order valence-corrected chi connectivity index (χ4v) is 3.69. The lowest BCUT2D eigenvalue weighted by molar-refractivity contribution is -0.147. The first-order valence-corrected chi connectivity index (χ1v) is 8.22. The Bertz CT molecular complexity index is 515. The van der Waals surface area contributed by atoms with E-state index in [-0.39, 0.29) is 11.7 Å². The first-order chi connectivity index (χ1) is 9.52. The van der Waals surface area contributed by atoms with Gasteiger partial charge >= 0.3 is 5.97 Å². The number of amides is 1. The zero-order chi connectivity index (χ0) is 14.6. The molecule has 0 aromatic heterocycles. The standard InChI is InChI=1S/C14H16BrNO3S/c15-10-4-3-5-11(8-10)20-9-12(17)16-14(13(18)19)6-1-2-7-14/h3-5,8H,1-2,6-7,9H2,(H,16,17)(H,18,19). The summed E-state index contributed by atoms with van der Waals surface area (Å²) < 4.78 is 0.959. The van der Waals surface area contributed by atoms with Gasteiger partial charge < -0.3 is 10.4 Å². The van der Waals surface area contributed by atoms with Crippen molar-refractivity contribution in [3.05, 3.63) is 28.7 Å². The van der Waals surface area contributed by atoms with Crippen LogP contribution < -0.4 is 5.32 Å². The topological polar surface area (TPSA) is 66.4 Å². The number of aliphatic carboxylic acids is 1. The van der Waals surface area contributed by atoms with E-state index < -0.39 is 11.5 Å². The van der Waals surface area contributed by atoms with Crippen LogP contribution in [0.15, 0.2) is 33.6 Å². The van der Waals surface area contributed by atoms with Gasteiger partial charge in [0, 0.05) is 9.37 Å². The molecule has 1 aliphatic rings. The Hall–Kier alpha value is -1.01. The van der Waals surface area contributed by atoms with Crippen LogP contribution in [0.25, 0.3) is 0 Å². The molecule has 6 heteroatoms. The minimum atomic E-state index is -1.05. The van der Waals surface area contributed by atoms with E-state index >= 15 is 0 Å². The molecule has 0 radical (unpaired) electrons. The van der Waals surface area contributed by atoms with E-state index in [9.17, 15) is 14.7 Å². The summed E-state index contributed by atoms with van der Waals surface area (Å²) in [7, 11) is 0. The van der Waals surface area contributed by atoms with Crippen LogP contribution in [0, 0.1) is 0 Å². The lowest BCUT2D eigenvalue weighted by Crippen LogP contribution is -2.53. The first-order valence-electron chi connectivity index (χ1n) is 6.45. The highest BCUT2D eigenvalue weighted by Crippen LogP contribution is 2.30. The van der Waals surface area contributed by atoms with Crippen molar-refractivity contribution in [1.82, 2.24) is 5.32 Å². The largest absolute Gasteiger partial charge is 0.480 e. The smallest absolute Gasteiger partial charge is 0.329 e. The molecule has 4 nitrogen and oxygen atoms in total. The average molecular weight is 358 g/mol. The maximum Gasteiger partial charge on any atom is 0.329 e. The summed E-state index contributed by atoms with van der Waals surface area (Å²) in [5, 5.41) is 12.0. The number of halogens is 1. The Morgan fingerprint density at radius 1 is 1.35 bits per heavy atom. The zero-order valence-electron chi connectivity index (χ0n) is 10.9. The van der Waals surface area contributed by atoms with Crippen molar-refractivity contribution in [2.75, 3.05) is 5.75 Å². The van der Waals surface area contributed by atoms with Gasteiger partial charge in [-0.25, -0.2) is 4.79 Å². The number of carboxylic acids is 1. The van der Waals surface area contributed by atoms with Crippen LogP contribution in [0.3, 0.4) is 0 Å². The zero-order valence-corrected chi connectivity index (χ0v) is 13.3. The first kappa shape index (κ1) is 15.4. The fraction of sp³-hybridized carbons (Fsp3) is 0.429. The Kier molecular flexibility index (Phi) is 5.10. The van der Waals surface area contributed by atoms with Gasteiger partial charge in [-0.2, -0.15) is 0 Å². The van der Waals surface area contributed by atoms with E-state index in [2.05, 4.69) is 21.2 Å². The van der Waals surface area contributed by atoms with Crippen LogP contribution >= 0.6 is 27.7 Å². The van der Waals surface area contributed by atoms with Crippen molar-refractivity contribution in [3.63, 3.8) is 0 Å². The summed E-state index contributed by atoms with van der Waals surface area (Å²) in [4.78, 5) is 24.3. The van der Waals surface area contributed by atoms with Gasteiger partial charge in [-0.1, -0.05) is 34.8 Å². The maximum atomic E-state index is 12.0. The van der Waals surface area contributed by atoms with Crippen LogP contribution in [0.5, 0.6) is 0 Å². The summed E-state index contributed by atoms with van der Waals surface area (Å²) in [6.07, 6.45) is 2.75. The molecule has 1 aromatic carbocycles. The molecule has 0 unspecified atom stereocenters. The fourth-order valence-electron chi connectivity index (χ4n) is 2.38. The molecule has 1 amide bonds. The Morgan fingerprint density at radius 2 is 2.05 bits per heavy atom. The third-order valence-corrected chi connectivity index (χ3v) is 4.90. The maximum absolute atomic E-state index is 12.0. The van der Waals surface area contributed by atoms with Gasteiger partial charge in [0.15, 0.2) is 0 Å². The Labute approximate surface area is 130 Å². The molecule has 0 aliphatic heterocycles. The van der Waals surface area contributed by atoms with Crippen LogP contribution in [0.1, 0.15) is 25.7 Å². The molecular weight excluding hydrogens is 342 g/mol. The molecule has 108 valence electrons. The van der Waals surface area contributed by atoms with E-state index in [0.29, 0.717) is 12.8 Å². The molecule has 0 bridgehead atoms. The van der Waals surface area contributed by atoms with Gasteiger partial charge in [0.25, 0.3) is 0 Å². The third kappa shape index (κ3) is 3.76. The second-order valence-corrected chi connectivity index (χ2v) is 6.85. The highest BCUT2D eigenvalue weighted by atomic mass is 79.9. The van der Waals surface area contributed by atoms with Crippen LogP contribution in [-0.4, -0.2) is 28.3 Å². The molecule has 1 aliphatic carbocycles. The molecule has 0 heterocycles. The number of carboxylic acid groups (broad SMARTS) is 1. The lowest BCUT2D eigenvalue weighted by Gasteiger charge is -2.25. The number of rotatable bonds is 5. The van der Waals surface area contributed by atoms with Crippen molar-refractivity contribution in [3.8, 4) is 0 Å². The van der Waals surface area contributed by atoms with Gasteiger partial charge in [0.1, 0.15) is 5.54 Å². The summed E-state index contributed by atoms with van der Waals surface area (Å²) in [5.74, 6) is -0.916. The molecule has 2 rings (SSSR count). The van der Waals surface area contributed by atoms with Crippen molar-refractivity contribution < 1.29 is 14.7 Å². The van der Waals surface area contributed by atoms with E-state index in [1.54, 1.807) is 0 Å². The molecule has 2 N–H and O–H groups in total. The number of hydrogen-bond donors (Lipinski definition) is 2. The van der Waals surface area contributed by atoms with Crippen LogP contribution in [0.2, 0.25) is 0 Å². The third-order valence-electron chi connectivity index (χ3n) is 3.41. The van der Waals surface area contributed by atoms with Gasteiger partial charge in [-0.05, 0) is 31.0 Å². The minimum Gasteiger partial charge on any atom is -0.480 e. The quantitative estimate of drug-likeness (QED) is 0.794. The number of thioether (sulfide) groups is 1. The molecule has 1 fully saturated rings. The van der Waals surface area contributed by atoms with E-state index in [1.807, 2.05) is 24.3 Å². The molecule has 0 saturated heterocycles. The second kappa shape index (κ2) is 6.63. The van der Waals surface area contributed by atoms with E-state index in [0.717, 1.165) is 22.2 Å². The summed E-state index contributed by atoms with van der Waals surface area (Å²) >= 11 is 4.78. The number of hydrogen-bond acceptors (Lipinski definition) is 3. The number of carbonyl (C=O) groups excluding carboxylic acids is 1. The molecule has 0 spiro atoms. The van der Waals surface area contributed by atoms with E-state index in [1.165, 1.54) is 11.8 Å². The van der Waals surface area contributed by atoms with Crippen molar-refractivity contribution >= 4 is 39.6 Å². The summed E-state index contributed by atoms with van der Waals surface area (Å²) in [5.41, 5.74) is -1.05. The SMILES string of the molecule is O=C(CSc1cccc(Br)c1)NC1(C(=O)O)CCCC1. The normalized spacial score (nSPS) is 16.9. The predicted molar refractivity (Wildman–Crippen MR) is 81.8 cm³/mol. The summed E-state index contributed by atoms with van der Waals surface area (Å²) in [6, 6.07) is 7.67. The minimum absolute atomic E-state index is 0.223. The van der Waals surface area contributed by atoms with Crippen molar-refractivity contribution in [1.29, 1.82) is 0 Å². The second-order valence-electron chi connectivity index (χ2n) is 4.89. The summed E-state index contributed by atoms with van der Waals surface area (Å²) in [6.45, 7) is 0. The lowest BCUT2D eigenvalue weighted by atomic mass is 9.98. The number of nitrogens with one attached hydrogen (secondary N) is 1. The van der Waals surface area contributed by atoms with Crippen molar-refractivity contribution in [2.24, 2.45) is 0 Å². The molecular formula is C14H16BrNO3S. The monoisotopic (exact) mass is 357 g/mol. The molecule has 0 atom stereocenters. The molecule has 1 saturated carbocycles. The highest BCUT2D eigenvalue weighted by Gasteiger charge is 2.42. The van der Waals surface area contributed by atoms with E-state index in [4.69, 9.17) is 0 Å². The predicted octanol–water partition coefficient (Wildman–Crippen LogP) is 3.05. The van der Waals surface area contributed by atoms with Gasteiger partial charge in [-0.15, -0.1) is 11.8 Å². The molecule has 20 heavy (non-hydrogen) atoms. The Morgan fingerprint density at radius 3 is 2.65 bits per heavy atom. The van der Waals surface area contributed by atoms with Gasteiger partial charge in [0.05, 0.1) is 5.75 Å². The van der Waals surface area contributed by atoms with Crippen LogP contribution in [-0.2, 0) is 9.59 Å². The molecule has 1 aromatic rings.